The highest BCUT2D eigenvalue weighted by Crippen LogP contribution is 2.33. The summed E-state index contributed by atoms with van der Waals surface area (Å²) in [6, 6.07) is 12.7. The third kappa shape index (κ3) is 4.38. The number of nitrogens with one attached hydrogen (secondary N) is 1. The lowest BCUT2D eigenvalue weighted by Gasteiger charge is -2.18. The molecule has 0 aromatic heterocycles. The van der Waals surface area contributed by atoms with Gasteiger partial charge in [0.25, 0.3) is 11.8 Å². The number of halogens is 1. The number of rotatable bonds is 4. The van der Waals surface area contributed by atoms with Gasteiger partial charge in [-0.15, -0.1) is 0 Å². The molecule has 2 fully saturated rings. The van der Waals surface area contributed by atoms with E-state index in [0.717, 1.165) is 29.2 Å². The standard InChI is InChI=1S/C22H20ClN3O2S2/c1-14-12-18(25-10-2-3-11-25)9-6-16(14)13-19-21(28)26(22(29)30-19)24-20(27)15-4-7-17(23)8-5-15/h4-9,12-13H,2-3,10-11H2,1H3,(H,24,27)/b19-13+. The Morgan fingerprint density at radius 2 is 1.87 bits per heavy atom. The Labute approximate surface area is 190 Å². The first-order valence-corrected chi connectivity index (χ1v) is 11.2. The van der Waals surface area contributed by atoms with Crippen LogP contribution in [0, 0.1) is 6.92 Å². The number of anilines is 1. The highest BCUT2D eigenvalue weighted by atomic mass is 35.5. The minimum absolute atomic E-state index is 0.292. The van der Waals surface area contributed by atoms with Crippen molar-refractivity contribution in [3.63, 3.8) is 0 Å². The lowest BCUT2D eigenvalue weighted by atomic mass is 10.1. The fraction of sp³-hybridized carbons (Fsp3) is 0.227. The summed E-state index contributed by atoms with van der Waals surface area (Å²) in [6.07, 6.45) is 4.28. The molecule has 0 atom stereocenters. The normalized spacial score (nSPS) is 17.9. The fourth-order valence-electron chi connectivity index (χ4n) is 3.47. The molecule has 0 unspecified atom stereocenters. The molecule has 0 bridgehead atoms. The molecule has 4 rings (SSSR count). The van der Waals surface area contributed by atoms with E-state index < -0.39 is 5.91 Å². The van der Waals surface area contributed by atoms with Gasteiger partial charge in [-0.05, 0) is 85.6 Å². The monoisotopic (exact) mass is 457 g/mol. The SMILES string of the molecule is Cc1cc(N2CCCC2)ccc1/C=C1/SC(=S)N(NC(=O)c2ccc(Cl)cc2)C1=O. The Morgan fingerprint density at radius 3 is 2.53 bits per heavy atom. The molecule has 154 valence electrons. The first-order valence-electron chi connectivity index (χ1n) is 9.62. The van der Waals surface area contributed by atoms with E-state index in [1.54, 1.807) is 24.3 Å². The zero-order chi connectivity index (χ0) is 21.3. The van der Waals surface area contributed by atoms with Crippen molar-refractivity contribution in [2.24, 2.45) is 0 Å². The van der Waals surface area contributed by atoms with E-state index >= 15 is 0 Å². The molecule has 30 heavy (non-hydrogen) atoms. The van der Waals surface area contributed by atoms with E-state index in [4.69, 9.17) is 23.8 Å². The Kier molecular flexibility index (Phi) is 6.13. The van der Waals surface area contributed by atoms with Crippen molar-refractivity contribution in [3.8, 4) is 0 Å². The summed E-state index contributed by atoms with van der Waals surface area (Å²) < 4.78 is 0.292. The van der Waals surface area contributed by atoms with Crippen LogP contribution in [0.3, 0.4) is 0 Å². The maximum atomic E-state index is 12.8. The molecule has 2 heterocycles. The number of thioether (sulfide) groups is 1. The van der Waals surface area contributed by atoms with E-state index in [-0.39, 0.29) is 5.91 Å². The lowest BCUT2D eigenvalue weighted by molar-refractivity contribution is -0.123. The molecule has 5 nitrogen and oxygen atoms in total. The van der Waals surface area contributed by atoms with Crippen LogP contribution in [0.15, 0.2) is 47.4 Å². The van der Waals surface area contributed by atoms with Crippen LogP contribution >= 0.6 is 35.6 Å². The molecular weight excluding hydrogens is 438 g/mol. The average Bonchev–Trinajstić information content (AvgIpc) is 3.35. The molecule has 2 aromatic carbocycles. The lowest BCUT2D eigenvalue weighted by Crippen LogP contribution is -2.44. The summed E-state index contributed by atoms with van der Waals surface area (Å²) in [7, 11) is 0. The first kappa shape index (κ1) is 20.9. The number of benzene rings is 2. The van der Waals surface area contributed by atoms with Crippen LogP contribution in [-0.2, 0) is 4.79 Å². The molecule has 8 heteroatoms. The van der Waals surface area contributed by atoms with E-state index in [9.17, 15) is 9.59 Å². The van der Waals surface area contributed by atoms with Gasteiger partial charge in [0.15, 0.2) is 4.32 Å². The highest BCUT2D eigenvalue weighted by Gasteiger charge is 2.34. The second-order valence-electron chi connectivity index (χ2n) is 7.20. The van der Waals surface area contributed by atoms with Gasteiger partial charge >= 0.3 is 0 Å². The molecule has 2 saturated heterocycles. The molecular formula is C22H20ClN3O2S2. The van der Waals surface area contributed by atoms with Gasteiger partial charge in [0, 0.05) is 29.4 Å². The summed E-state index contributed by atoms with van der Waals surface area (Å²) in [5.74, 6) is -0.759. The second-order valence-corrected chi connectivity index (χ2v) is 9.31. The zero-order valence-corrected chi connectivity index (χ0v) is 18.7. The summed E-state index contributed by atoms with van der Waals surface area (Å²) >= 11 is 12.3. The third-order valence-electron chi connectivity index (χ3n) is 5.12. The van der Waals surface area contributed by atoms with Gasteiger partial charge in [0.05, 0.1) is 4.91 Å². The van der Waals surface area contributed by atoms with Gasteiger partial charge < -0.3 is 4.90 Å². The maximum Gasteiger partial charge on any atom is 0.285 e. The van der Waals surface area contributed by atoms with Gasteiger partial charge in [-0.2, -0.15) is 5.01 Å². The minimum atomic E-state index is -0.421. The van der Waals surface area contributed by atoms with Crippen molar-refractivity contribution in [3.05, 3.63) is 69.1 Å². The molecule has 0 saturated carbocycles. The van der Waals surface area contributed by atoms with Crippen molar-refractivity contribution in [2.75, 3.05) is 18.0 Å². The van der Waals surface area contributed by atoms with Crippen LogP contribution in [0.2, 0.25) is 5.02 Å². The topological polar surface area (TPSA) is 52.6 Å². The van der Waals surface area contributed by atoms with Gasteiger partial charge in [-0.25, -0.2) is 0 Å². The molecule has 1 N–H and O–H groups in total. The molecule has 0 aliphatic carbocycles. The van der Waals surface area contributed by atoms with Crippen molar-refractivity contribution >= 4 is 63.5 Å². The molecule has 2 amide bonds. The maximum absolute atomic E-state index is 12.8. The van der Waals surface area contributed by atoms with E-state index in [0.29, 0.717) is 19.8 Å². The quantitative estimate of drug-likeness (QED) is 0.528. The molecule has 0 radical (unpaired) electrons. The number of amides is 2. The number of hydrazine groups is 1. The Balaban J connectivity index is 1.50. The number of nitrogens with zero attached hydrogens (tertiary/aromatic N) is 2. The smallest absolute Gasteiger partial charge is 0.285 e. The molecule has 2 aromatic rings. The Bertz CT molecular complexity index is 1050. The van der Waals surface area contributed by atoms with E-state index in [2.05, 4.69) is 22.5 Å². The average molecular weight is 458 g/mol. The van der Waals surface area contributed by atoms with Crippen molar-refractivity contribution in [1.29, 1.82) is 0 Å². The van der Waals surface area contributed by atoms with Crippen LogP contribution in [-0.4, -0.2) is 34.2 Å². The van der Waals surface area contributed by atoms with Gasteiger partial charge in [-0.1, -0.05) is 29.4 Å². The Morgan fingerprint density at radius 1 is 1.17 bits per heavy atom. The number of carbonyl (C=O) groups is 2. The van der Waals surface area contributed by atoms with Gasteiger partial charge in [0.2, 0.25) is 0 Å². The van der Waals surface area contributed by atoms with E-state index in [1.807, 2.05) is 19.1 Å². The minimum Gasteiger partial charge on any atom is -0.372 e. The first-order chi connectivity index (χ1) is 14.4. The van der Waals surface area contributed by atoms with Crippen LogP contribution in [0.5, 0.6) is 0 Å². The van der Waals surface area contributed by atoms with Gasteiger partial charge in [0.1, 0.15) is 0 Å². The third-order valence-corrected chi connectivity index (χ3v) is 6.68. The number of hydrogen-bond donors (Lipinski definition) is 1. The summed E-state index contributed by atoms with van der Waals surface area (Å²) in [5.41, 5.74) is 6.24. The van der Waals surface area contributed by atoms with Crippen LogP contribution in [0.25, 0.3) is 6.08 Å². The van der Waals surface area contributed by atoms with Crippen LogP contribution in [0.1, 0.15) is 34.3 Å². The van der Waals surface area contributed by atoms with Gasteiger partial charge in [-0.3, -0.25) is 15.0 Å². The van der Waals surface area contributed by atoms with E-state index in [1.165, 1.54) is 30.3 Å². The summed E-state index contributed by atoms with van der Waals surface area (Å²) in [5, 5.41) is 1.66. The molecule has 0 spiro atoms. The van der Waals surface area contributed by atoms with Crippen molar-refractivity contribution in [2.45, 2.75) is 19.8 Å². The summed E-state index contributed by atoms with van der Waals surface area (Å²) in [6.45, 7) is 4.21. The van der Waals surface area contributed by atoms with Crippen LogP contribution < -0.4 is 10.3 Å². The number of aryl methyl sites for hydroxylation is 1. The highest BCUT2D eigenvalue weighted by molar-refractivity contribution is 8.26. The predicted octanol–water partition coefficient (Wildman–Crippen LogP) is 4.79. The number of carbonyl (C=O) groups excluding carboxylic acids is 2. The summed E-state index contributed by atoms with van der Waals surface area (Å²) in [4.78, 5) is 28.1. The number of thiocarbonyl (C=S) groups is 1. The fourth-order valence-corrected chi connectivity index (χ4v) is 4.76. The molecule has 2 aliphatic heterocycles. The number of hydrogen-bond acceptors (Lipinski definition) is 5. The Hall–Kier alpha value is -2.35. The molecule has 2 aliphatic rings. The second kappa shape index (κ2) is 8.79. The van der Waals surface area contributed by atoms with Crippen LogP contribution in [0.4, 0.5) is 5.69 Å². The largest absolute Gasteiger partial charge is 0.372 e. The predicted molar refractivity (Wildman–Crippen MR) is 127 cm³/mol. The van der Waals surface area contributed by atoms with Crippen molar-refractivity contribution in [1.82, 2.24) is 10.4 Å². The zero-order valence-electron chi connectivity index (χ0n) is 16.4. The van der Waals surface area contributed by atoms with Crippen molar-refractivity contribution < 1.29 is 9.59 Å².